The van der Waals surface area contributed by atoms with E-state index in [0.717, 1.165) is 10.9 Å². The van der Waals surface area contributed by atoms with E-state index in [1.807, 2.05) is 30.3 Å². The van der Waals surface area contributed by atoms with Crippen molar-refractivity contribution in [2.45, 2.75) is 13.0 Å². The molecule has 0 atom stereocenters. The van der Waals surface area contributed by atoms with Crippen molar-refractivity contribution in [2.24, 2.45) is 0 Å². The van der Waals surface area contributed by atoms with Gasteiger partial charge in [0.2, 0.25) is 0 Å². The third kappa shape index (κ3) is 5.77. The van der Waals surface area contributed by atoms with E-state index in [1.54, 1.807) is 25.2 Å². The van der Waals surface area contributed by atoms with Gasteiger partial charge in [-0.25, -0.2) is 0 Å². The molecule has 0 fully saturated rings. The molecule has 0 saturated carbocycles. The maximum Gasteiger partial charge on any atom is 0.253 e. The number of nitrogens with one attached hydrogen (secondary N) is 2. The van der Waals surface area contributed by atoms with Crippen LogP contribution in [0.2, 0.25) is 0 Å². The molecular formula is C25H29N3O6S. The molecule has 0 aliphatic carbocycles. The Morgan fingerprint density at radius 2 is 1.86 bits per heavy atom. The van der Waals surface area contributed by atoms with Gasteiger partial charge >= 0.3 is 0 Å². The monoisotopic (exact) mass is 499 g/mol. The van der Waals surface area contributed by atoms with Gasteiger partial charge in [-0.15, -0.1) is 0 Å². The molecule has 10 heteroatoms. The number of benzene rings is 2. The van der Waals surface area contributed by atoms with Gasteiger partial charge in [-0.1, -0.05) is 6.07 Å². The summed E-state index contributed by atoms with van der Waals surface area (Å²) in [5.41, 5.74) is 2.05. The van der Waals surface area contributed by atoms with Crippen LogP contribution < -0.4 is 29.8 Å². The molecule has 35 heavy (non-hydrogen) atoms. The Labute approximate surface area is 208 Å². The minimum atomic E-state index is -0.217. The van der Waals surface area contributed by atoms with Crippen molar-refractivity contribution < 1.29 is 24.1 Å². The zero-order valence-electron chi connectivity index (χ0n) is 19.8. The lowest BCUT2D eigenvalue weighted by atomic mass is 10.1. The number of rotatable bonds is 9. The molecule has 0 radical (unpaired) electrons. The Bertz CT molecular complexity index is 1260. The highest BCUT2D eigenvalue weighted by atomic mass is 32.1. The van der Waals surface area contributed by atoms with Crippen LogP contribution in [0.25, 0.3) is 10.9 Å². The van der Waals surface area contributed by atoms with Gasteiger partial charge in [0, 0.05) is 30.1 Å². The van der Waals surface area contributed by atoms with Crippen molar-refractivity contribution in [1.82, 2.24) is 15.2 Å². The highest BCUT2D eigenvalue weighted by molar-refractivity contribution is 7.80. The zero-order chi connectivity index (χ0) is 24.8. The molecule has 1 aliphatic rings. The van der Waals surface area contributed by atoms with Gasteiger partial charge < -0.3 is 39.3 Å². The minimum Gasteiger partial charge on any atom is -0.493 e. The number of hydrogen-bond donors (Lipinski definition) is 3. The second-order valence-corrected chi connectivity index (χ2v) is 8.41. The van der Waals surface area contributed by atoms with Crippen LogP contribution in [0.5, 0.6) is 23.0 Å². The Hall–Kier alpha value is -3.50. The Kier molecular flexibility index (Phi) is 7.94. The lowest BCUT2D eigenvalue weighted by Crippen LogP contribution is -2.42. The number of aliphatic hydroxyl groups is 1. The molecule has 186 valence electrons. The van der Waals surface area contributed by atoms with Crippen molar-refractivity contribution >= 4 is 28.2 Å². The predicted octanol–water partition coefficient (Wildman–Crippen LogP) is 2.23. The highest BCUT2D eigenvalue weighted by Gasteiger charge is 2.16. The molecule has 0 spiro atoms. The quantitative estimate of drug-likeness (QED) is 0.382. The van der Waals surface area contributed by atoms with Gasteiger partial charge in [-0.05, 0) is 48.5 Å². The van der Waals surface area contributed by atoms with E-state index in [1.165, 1.54) is 0 Å². The minimum absolute atomic E-state index is 0.0956. The number of thiocarbonyl (C=S) groups is 1. The summed E-state index contributed by atoms with van der Waals surface area (Å²) in [7, 11) is 3.20. The zero-order valence-corrected chi connectivity index (χ0v) is 20.6. The van der Waals surface area contributed by atoms with Gasteiger partial charge in [0.05, 0.1) is 32.9 Å². The van der Waals surface area contributed by atoms with Crippen molar-refractivity contribution in [3.8, 4) is 23.0 Å². The van der Waals surface area contributed by atoms with E-state index in [9.17, 15) is 9.90 Å². The Morgan fingerprint density at radius 1 is 1.11 bits per heavy atom. The van der Waals surface area contributed by atoms with E-state index in [-0.39, 0.29) is 18.7 Å². The molecule has 0 saturated heterocycles. The summed E-state index contributed by atoms with van der Waals surface area (Å²) in [6, 6.07) is 11.2. The molecule has 3 aromatic rings. The first kappa shape index (κ1) is 24.6. The van der Waals surface area contributed by atoms with Gasteiger partial charge in [-0.3, -0.25) is 4.79 Å². The molecule has 3 N–H and O–H groups in total. The maximum absolute atomic E-state index is 12.8. The standard InChI is InChI=1S/C25H29N3O6S/c1-31-20-4-3-16(11-21(20)32-2)5-6-26-25(35)28(7-8-29)15-18-12-17-13-22-23(34-10-9-33-22)14-19(17)27-24(18)30/h3-4,11-14,29H,5-10,15H2,1-2H3,(H,26,35)(H,27,30). The Balaban J connectivity index is 1.44. The van der Waals surface area contributed by atoms with Crippen molar-refractivity contribution in [3.63, 3.8) is 0 Å². The lowest BCUT2D eigenvalue weighted by Gasteiger charge is -2.25. The lowest BCUT2D eigenvalue weighted by molar-refractivity contribution is 0.172. The molecule has 2 aromatic carbocycles. The number of hydrogen-bond acceptors (Lipinski definition) is 7. The summed E-state index contributed by atoms with van der Waals surface area (Å²) in [5, 5.41) is 14.1. The van der Waals surface area contributed by atoms with E-state index in [4.69, 9.17) is 31.2 Å². The van der Waals surface area contributed by atoms with Gasteiger partial charge in [0.15, 0.2) is 28.1 Å². The first-order chi connectivity index (χ1) is 17.0. The predicted molar refractivity (Wildman–Crippen MR) is 137 cm³/mol. The summed E-state index contributed by atoms with van der Waals surface area (Å²) >= 11 is 5.57. The maximum atomic E-state index is 12.8. The first-order valence-electron chi connectivity index (χ1n) is 11.3. The second kappa shape index (κ2) is 11.3. The molecule has 2 heterocycles. The third-order valence-electron chi connectivity index (χ3n) is 5.74. The summed E-state index contributed by atoms with van der Waals surface area (Å²) in [5.74, 6) is 2.62. The average Bonchev–Trinajstić information content (AvgIpc) is 2.87. The van der Waals surface area contributed by atoms with Crippen LogP contribution in [0.4, 0.5) is 0 Å². The number of aliphatic hydroxyl groups excluding tert-OH is 1. The summed E-state index contributed by atoms with van der Waals surface area (Å²) < 4.78 is 21.9. The van der Waals surface area contributed by atoms with Gasteiger partial charge in [0.25, 0.3) is 5.56 Å². The smallest absolute Gasteiger partial charge is 0.253 e. The largest absolute Gasteiger partial charge is 0.493 e. The van der Waals surface area contributed by atoms with E-state index < -0.39 is 0 Å². The third-order valence-corrected chi connectivity index (χ3v) is 6.14. The van der Waals surface area contributed by atoms with Crippen molar-refractivity contribution in [1.29, 1.82) is 0 Å². The van der Waals surface area contributed by atoms with Crippen LogP contribution >= 0.6 is 12.2 Å². The van der Waals surface area contributed by atoms with Crippen molar-refractivity contribution in [3.05, 3.63) is 57.9 Å². The molecule has 0 bridgehead atoms. The fraction of sp³-hybridized carbons (Fsp3) is 0.360. The van der Waals surface area contributed by atoms with Crippen LogP contribution in [-0.4, -0.2) is 67.2 Å². The number of aromatic nitrogens is 1. The summed E-state index contributed by atoms with van der Waals surface area (Å²) in [6.07, 6.45) is 0.706. The number of fused-ring (bicyclic) bond motifs is 2. The van der Waals surface area contributed by atoms with Gasteiger partial charge in [0.1, 0.15) is 13.2 Å². The van der Waals surface area contributed by atoms with E-state index in [0.29, 0.717) is 71.9 Å². The summed E-state index contributed by atoms with van der Waals surface area (Å²) in [6.45, 7) is 1.99. The van der Waals surface area contributed by atoms with Crippen LogP contribution in [0.1, 0.15) is 11.1 Å². The van der Waals surface area contributed by atoms with Crippen LogP contribution in [0.3, 0.4) is 0 Å². The van der Waals surface area contributed by atoms with Crippen LogP contribution in [0.15, 0.2) is 41.2 Å². The number of nitrogens with zero attached hydrogens (tertiary/aromatic N) is 1. The van der Waals surface area contributed by atoms with E-state index in [2.05, 4.69) is 10.3 Å². The fourth-order valence-electron chi connectivity index (χ4n) is 3.95. The molecule has 0 unspecified atom stereocenters. The fourth-order valence-corrected chi connectivity index (χ4v) is 4.20. The Morgan fingerprint density at radius 3 is 2.57 bits per heavy atom. The molecule has 0 amide bonds. The number of pyridine rings is 1. The van der Waals surface area contributed by atoms with E-state index >= 15 is 0 Å². The number of methoxy groups -OCH3 is 2. The molecule has 1 aromatic heterocycles. The number of aromatic amines is 1. The first-order valence-corrected chi connectivity index (χ1v) is 11.7. The average molecular weight is 500 g/mol. The van der Waals surface area contributed by atoms with Crippen molar-refractivity contribution in [2.75, 3.05) is 47.1 Å². The number of H-pyrrole nitrogens is 1. The SMILES string of the molecule is COc1ccc(CCNC(=S)N(CCO)Cc2cc3cc4c(cc3[nH]c2=O)OCCO4)cc1OC. The topological polar surface area (TPSA) is 105 Å². The van der Waals surface area contributed by atoms with Crippen LogP contribution in [0, 0.1) is 0 Å². The molecule has 4 rings (SSSR count). The molecule has 1 aliphatic heterocycles. The van der Waals surface area contributed by atoms with Crippen LogP contribution in [-0.2, 0) is 13.0 Å². The molecule has 9 nitrogen and oxygen atoms in total. The van der Waals surface area contributed by atoms with Gasteiger partial charge in [-0.2, -0.15) is 0 Å². The second-order valence-electron chi connectivity index (χ2n) is 8.02. The number of ether oxygens (including phenoxy) is 4. The highest BCUT2D eigenvalue weighted by Crippen LogP contribution is 2.33. The normalized spacial score (nSPS) is 12.3. The molecular weight excluding hydrogens is 470 g/mol. The summed E-state index contributed by atoms with van der Waals surface area (Å²) in [4.78, 5) is 17.5.